The summed E-state index contributed by atoms with van der Waals surface area (Å²) in [5.41, 5.74) is 6.96. The van der Waals surface area contributed by atoms with Crippen LogP contribution >= 0.6 is 0 Å². The largest absolute Gasteiger partial charge is 0.481 e. The van der Waals surface area contributed by atoms with Crippen LogP contribution in [0.4, 0.5) is 16.2 Å². The molecule has 1 aliphatic rings. The first kappa shape index (κ1) is 33.6. The number of benzene rings is 2. The lowest BCUT2D eigenvalue weighted by atomic mass is 9.97. The number of nitrogens with two attached hydrogens (primary N) is 1. The van der Waals surface area contributed by atoms with E-state index in [1.165, 1.54) is 0 Å². The average Bonchev–Trinajstić information content (AvgIpc) is 3.76. The number of primary amides is 1. The summed E-state index contributed by atoms with van der Waals surface area (Å²) in [7, 11) is 0. The Bertz CT molecular complexity index is 1390. The fourth-order valence-electron chi connectivity index (χ4n) is 4.49. The predicted octanol–water partition coefficient (Wildman–Crippen LogP) is 2.20. The fraction of sp³-hybridized carbons (Fsp3) is 0.419. The van der Waals surface area contributed by atoms with Gasteiger partial charge in [-0.05, 0) is 61.4 Å². The third-order valence-corrected chi connectivity index (χ3v) is 7.65. The summed E-state index contributed by atoms with van der Waals surface area (Å²) in [5, 5.41) is 22.5. The summed E-state index contributed by atoms with van der Waals surface area (Å²) < 4.78 is 0. The zero-order valence-corrected chi connectivity index (χ0v) is 25.1. The van der Waals surface area contributed by atoms with Gasteiger partial charge in [-0.3, -0.25) is 24.0 Å². The lowest BCUT2D eigenvalue weighted by molar-refractivity contribution is -0.138. The molecular formula is C31H40N6O7. The zero-order chi connectivity index (χ0) is 32.4. The van der Waals surface area contributed by atoms with E-state index in [-0.39, 0.29) is 18.8 Å². The zero-order valence-electron chi connectivity index (χ0n) is 25.1. The molecule has 0 aliphatic heterocycles. The smallest absolute Gasteiger partial charge is 0.323 e. The maximum absolute atomic E-state index is 13.3. The molecule has 2 aromatic carbocycles. The van der Waals surface area contributed by atoms with Crippen molar-refractivity contribution in [1.29, 1.82) is 0 Å². The van der Waals surface area contributed by atoms with E-state index in [0.29, 0.717) is 36.2 Å². The van der Waals surface area contributed by atoms with Gasteiger partial charge in [-0.25, -0.2) is 4.79 Å². The van der Waals surface area contributed by atoms with Crippen LogP contribution in [0.3, 0.4) is 0 Å². The van der Waals surface area contributed by atoms with Crippen LogP contribution in [0.15, 0.2) is 48.5 Å². The molecule has 0 saturated heterocycles. The number of aryl methyl sites for hydroxylation is 1. The van der Waals surface area contributed by atoms with Crippen molar-refractivity contribution in [3.8, 4) is 0 Å². The van der Waals surface area contributed by atoms with E-state index in [0.717, 1.165) is 5.56 Å². The third-order valence-electron chi connectivity index (χ3n) is 7.65. The molecule has 0 bridgehead atoms. The van der Waals surface area contributed by atoms with E-state index < -0.39 is 59.7 Å². The van der Waals surface area contributed by atoms with Crippen molar-refractivity contribution < 1.29 is 33.9 Å². The number of carboxylic acids is 1. The number of carbonyl (C=O) groups is 6. The van der Waals surface area contributed by atoms with Gasteiger partial charge >= 0.3 is 12.0 Å². The molecule has 1 unspecified atom stereocenters. The topological polar surface area (TPSA) is 209 Å². The first-order valence-electron chi connectivity index (χ1n) is 14.5. The number of aliphatic carboxylic acids is 1. The minimum atomic E-state index is -1.25. The Morgan fingerprint density at radius 2 is 1.59 bits per heavy atom. The number of carboxylic acid groups (broad SMARTS) is 1. The van der Waals surface area contributed by atoms with Crippen LogP contribution in [0, 0.1) is 12.8 Å². The Hall–Kier alpha value is -4.94. The number of rotatable bonds is 15. The van der Waals surface area contributed by atoms with Crippen molar-refractivity contribution in [2.45, 2.75) is 76.9 Å². The monoisotopic (exact) mass is 608 g/mol. The Morgan fingerprint density at radius 1 is 0.932 bits per heavy atom. The van der Waals surface area contributed by atoms with Gasteiger partial charge in [0.25, 0.3) is 0 Å². The highest BCUT2D eigenvalue weighted by molar-refractivity contribution is 6.00. The van der Waals surface area contributed by atoms with Crippen molar-refractivity contribution in [2.75, 3.05) is 10.6 Å². The number of hydrogen-bond donors (Lipinski definition) is 7. The fourth-order valence-corrected chi connectivity index (χ4v) is 4.49. The maximum atomic E-state index is 13.3. The van der Waals surface area contributed by atoms with Gasteiger partial charge in [0, 0.05) is 17.8 Å². The summed E-state index contributed by atoms with van der Waals surface area (Å²) >= 11 is 0. The Balaban J connectivity index is 1.61. The molecule has 2 aromatic rings. The van der Waals surface area contributed by atoms with Crippen molar-refractivity contribution in [3.63, 3.8) is 0 Å². The standard InChI is InChI=1S/C31H40N6O7/c1-4-18(2)26(28(42)34-23(13-14-25(39)40)27(41)37-31(15-16-31)29(32)43)36-24(38)17-20-9-11-21(12-10-20)33-30(44)35-22-8-6-5-7-19(22)3/h5-12,18,23,26H,4,13-17H2,1-3H3,(H2,32,43)(H,34,42)(H,36,38)(H,37,41)(H,39,40)(H2,33,35,44)/t18?,23-,26-/m0/s1. The van der Waals surface area contributed by atoms with Crippen LogP contribution in [0.2, 0.25) is 0 Å². The second kappa shape index (κ2) is 15.0. The van der Waals surface area contributed by atoms with Crippen molar-refractivity contribution in [2.24, 2.45) is 11.7 Å². The number of carbonyl (C=O) groups excluding carboxylic acids is 5. The molecule has 1 aliphatic carbocycles. The molecule has 3 atom stereocenters. The number of amides is 6. The molecule has 6 amide bonds. The van der Waals surface area contributed by atoms with Gasteiger partial charge < -0.3 is 37.4 Å². The van der Waals surface area contributed by atoms with E-state index in [2.05, 4.69) is 26.6 Å². The van der Waals surface area contributed by atoms with E-state index in [9.17, 15) is 28.8 Å². The molecule has 236 valence electrons. The highest BCUT2D eigenvalue weighted by atomic mass is 16.4. The van der Waals surface area contributed by atoms with E-state index >= 15 is 0 Å². The van der Waals surface area contributed by atoms with Crippen molar-refractivity contribution in [3.05, 3.63) is 59.7 Å². The number of nitrogens with one attached hydrogen (secondary N) is 5. The normalized spacial score (nSPS) is 15.1. The van der Waals surface area contributed by atoms with Gasteiger partial charge in [0.05, 0.1) is 6.42 Å². The van der Waals surface area contributed by atoms with Crippen LogP contribution < -0.4 is 32.3 Å². The second-order valence-electron chi connectivity index (χ2n) is 11.1. The summed E-state index contributed by atoms with van der Waals surface area (Å²) in [5.74, 6) is -3.99. The molecule has 0 aromatic heterocycles. The number of hydrogen-bond acceptors (Lipinski definition) is 6. The summed E-state index contributed by atoms with van der Waals surface area (Å²) in [6.07, 6.45) is 0.570. The molecule has 3 rings (SSSR count). The highest BCUT2D eigenvalue weighted by Crippen LogP contribution is 2.35. The lowest BCUT2D eigenvalue weighted by Crippen LogP contribution is -2.58. The summed E-state index contributed by atoms with van der Waals surface area (Å²) in [6, 6.07) is 11.4. The Labute approximate surface area is 255 Å². The number of para-hydroxylation sites is 1. The highest BCUT2D eigenvalue weighted by Gasteiger charge is 2.50. The van der Waals surface area contributed by atoms with Gasteiger partial charge in [0.15, 0.2) is 0 Å². The van der Waals surface area contributed by atoms with Crippen LogP contribution in [0.25, 0.3) is 0 Å². The molecule has 1 fully saturated rings. The summed E-state index contributed by atoms with van der Waals surface area (Å²) in [4.78, 5) is 74.5. The van der Waals surface area contributed by atoms with E-state index in [4.69, 9.17) is 10.8 Å². The molecule has 44 heavy (non-hydrogen) atoms. The van der Waals surface area contributed by atoms with Crippen LogP contribution in [-0.4, -0.2) is 58.4 Å². The molecule has 0 heterocycles. The quantitative estimate of drug-likeness (QED) is 0.160. The Morgan fingerprint density at radius 3 is 2.16 bits per heavy atom. The number of anilines is 2. The molecule has 8 N–H and O–H groups in total. The molecule has 13 heteroatoms. The lowest BCUT2D eigenvalue weighted by Gasteiger charge is -2.27. The van der Waals surface area contributed by atoms with Gasteiger partial charge in [-0.15, -0.1) is 0 Å². The average molecular weight is 609 g/mol. The third kappa shape index (κ3) is 9.54. The first-order chi connectivity index (χ1) is 20.8. The van der Waals surface area contributed by atoms with E-state index in [1.54, 1.807) is 37.3 Å². The van der Waals surface area contributed by atoms with Gasteiger partial charge in [-0.2, -0.15) is 0 Å². The summed E-state index contributed by atoms with van der Waals surface area (Å²) in [6.45, 7) is 5.50. The first-order valence-corrected chi connectivity index (χ1v) is 14.5. The van der Waals surface area contributed by atoms with Crippen LogP contribution in [0.1, 0.15) is 57.1 Å². The maximum Gasteiger partial charge on any atom is 0.323 e. The van der Waals surface area contributed by atoms with E-state index in [1.807, 2.05) is 32.0 Å². The van der Waals surface area contributed by atoms with Crippen molar-refractivity contribution in [1.82, 2.24) is 16.0 Å². The Kier molecular flexibility index (Phi) is 11.4. The molecule has 13 nitrogen and oxygen atoms in total. The molecule has 1 saturated carbocycles. The minimum absolute atomic E-state index is 0.0556. The molecule has 0 spiro atoms. The molecular weight excluding hydrogens is 568 g/mol. The SMILES string of the molecule is CCC(C)[C@H](NC(=O)Cc1ccc(NC(=O)Nc2ccccc2C)cc1)C(=O)N[C@@H](CCC(=O)O)C(=O)NC1(C(N)=O)CC1. The minimum Gasteiger partial charge on any atom is -0.481 e. The van der Waals surface area contributed by atoms with Crippen LogP contribution in [-0.2, 0) is 30.4 Å². The van der Waals surface area contributed by atoms with Crippen LogP contribution in [0.5, 0.6) is 0 Å². The van der Waals surface area contributed by atoms with Gasteiger partial charge in [0.1, 0.15) is 17.6 Å². The second-order valence-corrected chi connectivity index (χ2v) is 11.1. The van der Waals surface area contributed by atoms with Gasteiger partial charge in [-0.1, -0.05) is 50.6 Å². The number of urea groups is 1. The molecule has 0 radical (unpaired) electrons. The predicted molar refractivity (Wildman–Crippen MR) is 163 cm³/mol. The van der Waals surface area contributed by atoms with Gasteiger partial charge in [0.2, 0.25) is 23.6 Å². The van der Waals surface area contributed by atoms with Crippen molar-refractivity contribution >= 4 is 47.0 Å².